The highest BCUT2D eigenvalue weighted by molar-refractivity contribution is 5.94. The van der Waals surface area contributed by atoms with Crippen molar-refractivity contribution < 1.29 is 29.1 Å². The predicted octanol–water partition coefficient (Wildman–Crippen LogP) is 1.96. The average Bonchev–Trinajstić information content (AvgIpc) is 2.93. The molecular weight excluding hydrogens is 488 g/mol. The molecule has 0 heterocycles. The summed E-state index contributed by atoms with van der Waals surface area (Å²) < 4.78 is 9.38. The monoisotopic (exact) mass is 529 g/mol. The van der Waals surface area contributed by atoms with Crippen LogP contribution in [0.1, 0.15) is 54.2 Å². The minimum absolute atomic E-state index is 0.0926. The van der Waals surface area contributed by atoms with Crippen LogP contribution in [0.25, 0.3) is 0 Å². The Hall–Kier alpha value is -3.75. The number of hydrogen-bond donors (Lipinski definition) is 5. The second-order valence-electron chi connectivity index (χ2n) is 8.56. The number of carbonyl (C=O) groups is 2. The van der Waals surface area contributed by atoms with E-state index in [9.17, 15) is 4.79 Å². The Bertz CT molecular complexity index is 1000. The van der Waals surface area contributed by atoms with Crippen LogP contribution in [0.2, 0.25) is 0 Å². The first-order valence-electron chi connectivity index (χ1n) is 12.0. The lowest BCUT2D eigenvalue weighted by atomic mass is 10.1. The Morgan fingerprint density at radius 2 is 1.61 bits per heavy atom. The quantitative estimate of drug-likeness (QED) is 0.0599. The Labute approximate surface area is 225 Å². The summed E-state index contributed by atoms with van der Waals surface area (Å²) in [5.41, 5.74) is 10.3. The Kier molecular flexibility index (Phi) is 18.3. The van der Waals surface area contributed by atoms with Crippen LogP contribution in [0.4, 0.5) is 0 Å². The van der Waals surface area contributed by atoms with Crippen LogP contribution >= 0.6 is 0 Å². The summed E-state index contributed by atoms with van der Waals surface area (Å²) in [5.74, 6) is 6.24. The van der Waals surface area contributed by atoms with Crippen molar-refractivity contribution in [2.24, 2.45) is 5.73 Å². The number of benzene rings is 2. The van der Waals surface area contributed by atoms with Gasteiger partial charge in [-0.2, -0.15) is 0 Å². The van der Waals surface area contributed by atoms with E-state index in [1.807, 2.05) is 45.0 Å². The number of rotatable bonds is 10. The summed E-state index contributed by atoms with van der Waals surface area (Å²) in [6.07, 6.45) is 0.760. The maximum absolute atomic E-state index is 12.1. The first-order chi connectivity index (χ1) is 18.1. The zero-order chi connectivity index (χ0) is 28.8. The van der Waals surface area contributed by atoms with E-state index in [0.29, 0.717) is 25.1 Å². The zero-order valence-electron chi connectivity index (χ0n) is 22.8. The lowest BCUT2D eigenvalue weighted by Crippen LogP contribution is -2.45. The van der Waals surface area contributed by atoms with Gasteiger partial charge in [0.05, 0.1) is 13.0 Å². The highest BCUT2D eigenvalue weighted by Gasteiger charge is 2.13. The van der Waals surface area contributed by atoms with Gasteiger partial charge in [-0.3, -0.25) is 14.8 Å². The highest BCUT2D eigenvalue weighted by Crippen LogP contribution is 2.06. The summed E-state index contributed by atoms with van der Waals surface area (Å²) >= 11 is 0. The van der Waals surface area contributed by atoms with Crippen molar-refractivity contribution in [3.63, 3.8) is 0 Å². The van der Waals surface area contributed by atoms with Gasteiger partial charge in [0, 0.05) is 49.0 Å². The van der Waals surface area contributed by atoms with Crippen molar-refractivity contribution >= 4 is 18.3 Å². The molecule has 2 rings (SSSR count). The van der Waals surface area contributed by atoms with Crippen LogP contribution in [-0.4, -0.2) is 67.7 Å². The molecule has 0 saturated carbocycles. The van der Waals surface area contributed by atoms with Crippen molar-refractivity contribution in [2.75, 3.05) is 33.9 Å². The lowest BCUT2D eigenvalue weighted by Gasteiger charge is -2.18. The molecule has 208 valence electrons. The van der Waals surface area contributed by atoms with Gasteiger partial charge in [-0.25, -0.2) is 5.48 Å². The summed E-state index contributed by atoms with van der Waals surface area (Å²) in [6, 6.07) is 15.4. The molecule has 0 aromatic heterocycles. The molecule has 0 radical (unpaired) electrons. The highest BCUT2D eigenvalue weighted by atomic mass is 16.5. The maximum atomic E-state index is 12.1. The minimum atomic E-state index is -0.434. The number of hydroxylamine groups is 1. The second-order valence-corrected chi connectivity index (χ2v) is 8.56. The number of ether oxygens (including phenoxy) is 2. The average molecular weight is 530 g/mol. The van der Waals surface area contributed by atoms with Gasteiger partial charge in [-0.1, -0.05) is 24.0 Å². The molecule has 2 amide bonds. The van der Waals surface area contributed by atoms with Gasteiger partial charge in [-0.05, 0) is 62.7 Å². The molecule has 0 bridgehead atoms. The number of methoxy groups -OCH3 is 2. The molecule has 0 aliphatic rings. The van der Waals surface area contributed by atoms with Crippen molar-refractivity contribution in [2.45, 2.75) is 39.3 Å². The van der Waals surface area contributed by atoms with E-state index in [0.717, 1.165) is 24.2 Å². The number of amides is 2. The van der Waals surface area contributed by atoms with E-state index >= 15 is 0 Å². The minimum Gasteiger partial charge on any atom is -0.383 e. The van der Waals surface area contributed by atoms with Gasteiger partial charge < -0.3 is 30.6 Å². The molecule has 38 heavy (non-hydrogen) atoms. The van der Waals surface area contributed by atoms with Gasteiger partial charge in [0.2, 0.25) is 6.41 Å². The van der Waals surface area contributed by atoms with Crippen LogP contribution in [0, 0.1) is 11.8 Å². The van der Waals surface area contributed by atoms with E-state index in [4.69, 9.17) is 25.3 Å². The Morgan fingerprint density at radius 3 is 2.00 bits per heavy atom. The third-order valence-corrected chi connectivity index (χ3v) is 4.56. The van der Waals surface area contributed by atoms with Crippen LogP contribution in [0.3, 0.4) is 0 Å². The molecule has 0 unspecified atom stereocenters. The van der Waals surface area contributed by atoms with Crippen molar-refractivity contribution in [1.29, 1.82) is 0 Å². The van der Waals surface area contributed by atoms with E-state index in [1.54, 1.807) is 19.2 Å². The van der Waals surface area contributed by atoms with Gasteiger partial charge in [0.15, 0.2) is 7.11 Å². The summed E-state index contributed by atoms with van der Waals surface area (Å²) in [6.45, 7) is 8.32. The summed E-state index contributed by atoms with van der Waals surface area (Å²) in [7, 11) is 3.14. The van der Waals surface area contributed by atoms with Gasteiger partial charge in [0.1, 0.15) is 0 Å². The fourth-order valence-corrected chi connectivity index (χ4v) is 2.52. The zero-order valence-corrected chi connectivity index (χ0v) is 22.8. The molecule has 0 spiro atoms. The van der Waals surface area contributed by atoms with Crippen LogP contribution in [0.5, 0.6) is 0 Å². The number of nitrogens with two attached hydrogens (primary N) is 1. The second kappa shape index (κ2) is 20.3. The van der Waals surface area contributed by atoms with Gasteiger partial charge in [-0.15, -0.1) is 0 Å². The summed E-state index contributed by atoms with van der Waals surface area (Å²) in [5, 5.41) is 13.4. The first kappa shape index (κ1) is 34.2. The predicted molar refractivity (Wildman–Crippen MR) is 148 cm³/mol. The Morgan fingerprint density at radius 1 is 1.08 bits per heavy atom. The standard InChI is InChI=1S/C23H29N3O2.C4H8O2.CH3NO2/c1-23(2,24)17-26-22(27)21-12-10-19(11-13-21)5-4-18-6-8-20(9-7-18)16-25-14-15-28-3;1-3-4(5)6-2;3-1-2-4/h6-13,25H,14-17,24H2,1-3H3,(H,26,27);3H2,1-2H3;1,4H,(H,2,3)/p+1. The van der Waals surface area contributed by atoms with Gasteiger partial charge in [0.25, 0.3) is 5.91 Å². The third kappa shape index (κ3) is 17.6. The molecule has 10 heteroatoms. The number of esters is 1. The van der Waals surface area contributed by atoms with Crippen LogP contribution in [-0.2, 0) is 20.8 Å². The van der Waals surface area contributed by atoms with Gasteiger partial charge >= 0.3 is 5.97 Å². The van der Waals surface area contributed by atoms with E-state index in [2.05, 4.69) is 39.3 Å². The molecule has 2 aromatic carbocycles. The summed E-state index contributed by atoms with van der Waals surface area (Å²) in [4.78, 5) is 29.3. The van der Waals surface area contributed by atoms with E-state index < -0.39 is 5.54 Å². The molecule has 10 nitrogen and oxygen atoms in total. The van der Waals surface area contributed by atoms with Crippen LogP contribution in [0.15, 0.2) is 48.5 Å². The maximum Gasteiger partial charge on any atom is 0.481 e. The topological polar surface area (TPSA) is 156 Å². The smallest absolute Gasteiger partial charge is 0.383 e. The molecule has 7 N–H and O–H groups in total. The Balaban J connectivity index is 0.00000116. The lowest BCUT2D eigenvalue weighted by molar-refractivity contribution is -0.116. The van der Waals surface area contributed by atoms with Crippen LogP contribution < -0.4 is 21.8 Å². The molecular formula is C28H41N4O6+. The fourth-order valence-electron chi connectivity index (χ4n) is 2.52. The van der Waals surface area contributed by atoms with E-state index in [-0.39, 0.29) is 18.3 Å². The molecule has 0 atom stereocenters. The number of nitrogens with one attached hydrogen (secondary N) is 3. The first-order valence-corrected chi connectivity index (χ1v) is 12.0. The molecule has 0 aliphatic heterocycles. The van der Waals surface area contributed by atoms with Crippen molar-refractivity contribution in [3.05, 3.63) is 70.8 Å². The molecule has 0 saturated heterocycles. The normalized spacial score (nSPS) is 9.76. The van der Waals surface area contributed by atoms with Crippen molar-refractivity contribution in [3.8, 4) is 11.8 Å². The van der Waals surface area contributed by atoms with E-state index in [1.165, 1.54) is 18.2 Å². The SMILES string of the molecule is CCC(=[OH+])OC.COCCNCc1ccc(C#Cc2ccc(C(=O)NCC(C)(C)N)cc2)cc1.O=CNO. The number of hydrogen-bond acceptors (Lipinski definition) is 7. The largest absolute Gasteiger partial charge is 0.481 e. The molecule has 2 aromatic rings. The molecule has 0 aliphatic carbocycles. The fraction of sp³-hybridized carbons (Fsp3) is 0.393. The molecule has 0 fully saturated rings. The van der Waals surface area contributed by atoms with Crippen molar-refractivity contribution in [1.82, 2.24) is 16.1 Å². The third-order valence-electron chi connectivity index (χ3n) is 4.56. The number of carbonyl (C=O) groups excluding carboxylic acids is 3.